The molecule has 4 heteroatoms. The summed E-state index contributed by atoms with van der Waals surface area (Å²) < 4.78 is 5.38. The van der Waals surface area contributed by atoms with Crippen LogP contribution in [0.5, 0.6) is 0 Å². The normalized spacial score (nSPS) is 10.8. The lowest BCUT2D eigenvalue weighted by Crippen LogP contribution is -2.33. The first-order valence-electron chi connectivity index (χ1n) is 7.55. The molecule has 0 aliphatic carbocycles. The number of rotatable bonds is 6. The molecule has 0 atom stereocenters. The number of anilines is 1. The van der Waals surface area contributed by atoms with Gasteiger partial charge in [-0.2, -0.15) is 0 Å². The van der Waals surface area contributed by atoms with Crippen LogP contribution in [0, 0.1) is 5.92 Å². The average molecular weight is 300 g/mol. The minimum Gasteiger partial charge on any atom is -0.467 e. The molecular formula is C18H24N2O2. The Balaban J connectivity index is 2.13. The van der Waals surface area contributed by atoms with Crippen molar-refractivity contribution >= 4 is 11.6 Å². The minimum atomic E-state index is -0.0315. The molecule has 1 heterocycles. The van der Waals surface area contributed by atoms with Crippen molar-refractivity contribution < 1.29 is 9.21 Å². The van der Waals surface area contributed by atoms with E-state index in [0.29, 0.717) is 13.1 Å². The van der Waals surface area contributed by atoms with Gasteiger partial charge in [-0.3, -0.25) is 4.79 Å². The molecular weight excluding hydrogens is 276 g/mol. The maximum absolute atomic E-state index is 12.4. The zero-order valence-electron chi connectivity index (χ0n) is 13.7. The molecule has 0 bridgehead atoms. The molecule has 0 fully saturated rings. The number of hydrogen-bond acceptors (Lipinski definition) is 3. The number of carbonyl (C=O) groups is 1. The monoisotopic (exact) mass is 300 g/mol. The quantitative estimate of drug-likeness (QED) is 0.819. The second kappa shape index (κ2) is 7.16. The zero-order chi connectivity index (χ0) is 16.1. The van der Waals surface area contributed by atoms with Crippen LogP contribution in [0.1, 0.15) is 25.2 Å². The van der Waals surface area contributed by atoms with Gasteiger partial charge in [-0.1, -0.05) is 26.0 Å². The first-order chi connectivity index (χ1) is 10.5. The molecule has 118 valence electrons. The number of benzene rings is 1. The van der Waals surface area contributed by atoms with Crippen molar-refractivity contribution in [3.8, 4) is 0 Å². The molecule has 0 radical (unpaired) electrons. The fourth-order valence-electron chi connectivity index (χ4n) is 2.29. The molecule has 1 amide bonds. The molecule has 2 aromatic rings. The Labute approximate surface area is 132 Å². The molecule has 2 rings (SSSR count). The maximum atomic E-state index is 12.4. The Hall–Kier alpha value is -2.23. The van der Waals surface area contributed by atoms with Crippen LogP contribution in [0.3, 0.4) is 0 Å². The predicted molar refractivity (Wildman–Crippen MR) is 88.6 cm³/mol. The summed E-state index contributed by atoms with van der Waals surface area (Å²) in [7, 11) is 4.03. The van der Waals surface area contributed by atoms with Gasteiger partial charge in [-0.25, -0.2) is 0 Å². The number of hydrogen-bond donors (Lipinski definition) is 0. The number of nitrogens with zero attached hydrogens (tertiary/aromatic N) is 2. The molecule has 1 aromatic heterocycles. The smallest absolute Gasteiger partial charge is 0.225 e. The largest absolute Gasteiger partial charge is 0.467 e. The molecule has 0 saturated carbocycles. The Morgan fingerprint density at radius 2 is 1.77 bits per heavy atom. The highest BCUT2D eigenvalue weighted by Gasteiger charge is 2.18. The van der Waals surface area contributed by atoms with E-state index in [1.807, 2.05) is 45.0 Å². The van der Waals surface area contributed by atoms with Gasteiger partial charge in [-0.15, -0.1) is 0 Å². The fraction of sp³-hybridized carbons (Fsp3) is 0.389. The standard InChI is InChI=1S/C18H24N2O2/c1-14(2)18(21)20(13-17-6-5-11-22-17)12-15-7-9-16(10-8-15)19(3)4/h5-11,14H,12-13H2,1-4H3. The summed E-state index contributed by atoms with van der Waals surface area (Å²) in [4.78, 5) is 16.3. The molecule has 0 spiro atoms. The molecule has 0 aliphatic rings. The maximum Gasteiger partial charge on any atom is 0.225 e. The lowest BCUT2D eigenvalue weighted by molar-refractivity contribution is -0.136. The van der Waals surface area contributed by atoms with Crippen LogP contribution in [0.15, 0.2) is 47.1 Å². The third-order valence-corrected chi connectivity index (χ3v) is 3.56. The van der Waals surface area contributed by atoms with Gasteiger partial charge in [-0.05, 0) is 29.8 Å². The highest BCUT2D eigenvalue weighted by molar-refractivity contribution is 5.78. The summed E-state index contributed by atoms with van der Waals surface area (Å²) in [6.07, 6.45) is 1.64. The topological polar surface area (TPSA) is 36.7 Å². The van der Waals surface area contributed by atoms with Crippen LogP contribution in [0.4, 0.5) is 5.69 Å². The van der Waals surface area contributed by atoms with Gasteiger partial charge in [0.25, 0.3) is 0 Å². The summed E-state index contributed by atoms with van der Waals surface area (Å²) in [5.74, 6) is 0.906. The van der Waals surface area contributed by atoms with Crippen LogP contribution in [0.2, 0.25) is 0 Å². The fourth-order valence-corrected chi connectivity index (χ4v) is 2.29. The first kappa shape index (κ1) is 16.1. The molecule has 0 unspecified atom stereocenters. The number of amides is 1. The van der Waals surface area contributed by atoms with Gasteiger partial charge < -0.3 is 14.2 Å². The van der Waals surface area contributed by atoms with Gasteiger partial charge in [0, 0.05) is 32.2 Å². The van der Waals surface area contributed by atoms with E-state index in [0.717, 1.165) is 17.0 Å². The summed E-state index contributed by atoms with van der Waals surface area (Å²) in [5.41, 5.74) is 2.27. The van der Waals surface area contributed by atoms with Gasteiger partial charge in [0.1, 0.15) is 5.76 Å². The molecule has 0 N–H and O–H groups in total. The molecule has 4 nitrogen and oxygen atoms in total. The van der Waals surface area contributed by atoms with E-state index in [4.69, 9.17) is 4.42 Å². The van der Waals surface area contributed by atoms with E-state index < -0.39 is 0 Å². The Morgan fingerprint density at radius 3 is 2.27 bits per heavy atom. The van der Waals surface area contributed by atoms with Crippen molar-refractivity contribution in [1.82, 2.24) is 4.90 Å². The third-order valence-electron chi connectivity index (χ3n) is 3.56. The van der Waals surface area contributed by atoms with Crippen LogP contribution in [-0.2, 0) is 17.9 Å². The first-order valence-corrected chi connectivity index (χ1v) is 7.55. The summed E-state index contributed by atoms with van der Waals surface area (Å²) in [5, 5.41) is 0. The molecule has 1 aromatic carbocycles. The molecule has 0 saturated heterocycles. The Bertz CT molecular complexity index is 586. The van der Waals surface area contributed by atoms with Crippen LogP contribution in [0.25, 0.3) is 0 Å². The van der Waals surface area contributed by atoms with Crippen molar-refractivity contribution in [2.45, 2.75) is 26.9 Å². The average Bonchev–Trinajstić information content (AvgIpc) is 2.99. The molecule has 0 aliphatic heterocycles. The predicted octanol–water partition coefficient (Wildman–Crippen LogP) is 3.53. The van der Waals surface area contributed by atoms with Crippen LogP contribution in [-0.4, -0.2) is 24.9 Å². The van der Waals surface area contributed by atoms with Gasteiger partial charge in [0.15, 0.2) is 0 Å². The third kappa shape index (κ3) is 4.13. The lowest BCUT2D eigenvalue weighted by atomic mass is 10.1. The number of carbonyl (C=O) groups excluding carboxylic acids is 1. The van der Waals surface area contributed by atoms with E-state index in [1.54, 1.807) is 6.26 Å². The summed E-state index contributed by atoms with van der Waals surface area (Å²) >= 11 is 0. The van der Waals surface area contributed by atoms with E-state index in [1.165, 1.54) is 0 Å². The van der Waals surface area contributed by atoms with E-state index in [-0.39, 0.29) is 11.8 Å². The van der Waals surface area contributed by atoms with Crippen molar-refractivity contribution in [3.63, 3.8) is 0 Å². The number of furan rings is 1. The van der Waals surface area contributed by atoms with Crippen molar-refractivity contribution in [2.75, 3.05) is 19.0 Å². The Kier molecular flexibility index (Phi) is 5.26. The second-order valence-corrected chi connectivity index (χ2v) is 5.99. The van der Waals surface area contributed by atoms with E-state index in [9.17, 15) is 4.79 Å². The lowest BCUT2D eigenvalue weighted by Gasteiger charge is -2.24. The molecule has 22 heavy (non-hydrogen) atoms. The van der Waals surface area contributed by atoms with E-state index >= 15 is 0 Å². The second-order valence-electron chi connectivity index (χ2n) is 5.99. The minimum absolute atomic E-state index is 0.0315. The summed E-state index contributed by atoms with van der Waals surface area (Å²) in [6, 6.07) is 12.0. The SMILES string of the molecule is CC(C)C(=O)N(Cc1ccc(N(C)C)cc1)Cc1ccco1. The highest BCUT2D eigenvalue weighted by Crippen LogP contribution is 2.17. The van der Waals surface area contributed by atoms with Gasteiger partial charge in [0.05, 0.1) is 12.8 Å². The van der Waals surface area contributed by atoms with Crippen molar-refractivity contribution in [1.29, 1.82) is 0 Å². The Morgan fingerprint density at radius 1 is 1.09 bits per heavy atom. The summed E-state index contributed by atoms with van der Waals surface area (Å²) in [6.45, 7) is 4.93. The van der Waals surface area contributed by atoms with Crippen molar-refractivity contribution in [2.24, 2.45) is 5.92 Å². The van der Waals surface area contributed by atoms with Gasteiger partial charge >= 0.3 is 0 Å². The van der Waals surface area contributed by atoms with E-state index in [2.05, 4.69) is 29.2 Å². The van der Waals surface area contributed by atoms with Crippen LogP contribution >= 0.6 is 0 Å². The zero-order valence-corrected chi connectivity index (χ0v) is 13.7. The highest BCUT2D eigenvalue weighted by atomic mass is 16.3. The van der Waals surface area contributed by atoms with Crippen LogP contribution < -0.4 is 4.90 Å². The van der Waals surface area contributed by atoms with Crippen molar-refractivity contribution in [3.05, 3.63) is 54.0 Å². The van der Waals surface area contributed by atoms with Gasteiger partial charge in [0.2, 0.25) is 5.91 Å².